The minimum absolute atomic E-state index is 0.101. The van der Waals surface area contributed by atoms with Crippen LogP contribution in [0.5, 0.6) is 0 Å². The quantitative estimate of drug-likeness (QED) is 0.832. The lowest BCUT2D eigenvalue weighted by Crippen LogP contribution is -2.12. The third kappa shape index (κ3) is 2.90. The number of aromatic nitrogens is 2. The fraction of sp³-hybridized carbons (Fsp3) is 0.231. The number of hydrogen-bond donors (Lipinski definition) is 2. The van der Waals surface area contributed by atoms with Crippen molar-refractivity contribution in [1.82, 2.24) is 10.2 Å². The van der Waals surface area contributed by atoms with Crippen LogP contribution in [-0.2, 0) is 4.74 Å². The van der Waals surface area contributed by atoms with Crippen molar-refractivity contribution in [3.63, 3.8) is 0 Å². The molecule has 2 N–H and O–H groups in total. The van der Waals surface area contributed by atoms with E-state index in [0.29, 0.717) is 5.69 Å². The molecule has 0 amide bonds. The highest BCUT2D eigenvalue weighted by molar-refractivity contribution is 5.95. The molecule has 19 heavy (non-hydrogen) atoms. The Hall–Kier alpha value is -2.37. The van der Waals surface area contributed by atoms with Crippen LogP contribution in [-0.4, -0.2) is 23.3 Å². The van der Waals surface area contributed by atoms with Gasteiger partial charge in [-0.05, 0) is 31.2 Å². The van der Waals surface area contributed by atoms with Crippen molar-refractivity contribution in [1.29, 1.82) is 0 Å². The SMILES string of the molecule is COC(=O)c1cc(F)ccc1NC(C)c1ccn[nH]1. The summed E-state index contributed by atoms with van der Waals surface area (Å²) in [4.78, 5) is 11.6. The number of esters is 1. The van der Waals surface area contributed by atoms with Gasteiger partial charge in [0.25, 0.3) is 0 Å². The molecule has 6 heteroatoms. The number of halogens is 1. The smallest absolute Gasteiger partial charge is 0.340 e. The van der Waals surface area contributed by atoms with Crippen LogP contribution in [0.15, 0.2) is 30.5 Å². The van der Waals surface area contributed by atoms with E-state index in [-0.39, 0.29) is 11.6 Å². The van der Waals surface area contributed by atoms with Crippen LogP contribution in [0.3, 0.4) is 0 Å². The maximum absolute atomic E-state index is 13.2. The summed E-state index contributed by atoms with van der Waals surface area (Å²) >= 11 is 0. The van der Waals surface area contributed by atoms with Gasteiger partial charge in [0, 0.05) is 11.9 Å². The van der Waals surface area contributed by atoms with Crippen LogP contribution in [0.2, 0.25) is 0 Å². The number of carbonyl (C=O) groups is 1. The molecule has 0 fully saturated rings. The zero-order valence-electron chi connectivity index (χ0n) is 10.6. The second kappa shape index (κ2) is 5.51. The van der Waals surface area contributed by atoms with Gasteiger partial charge in [-0.1, -0.05) is 0 Å². The Labute approximate surface area is 109 Å². The average molecular weight is 263 g/mol. The number of nitrogens with zero attached hydrogens (tertiary/aromatic N) is 1. The Balaban J connectivity index is 2.27. The van der Waals surface area contributed by atoms with Crippen molar-refractivity contribution in [3.05, 3.63) is 47.5 Å². The van der Waals surface area contributed by atoms with E-state index >= 15 is 0 Å². The average Bonchev–Trinajstić information content (AvgIpc) is 2.94. The van der Waals surface area contributed by atoms with Gasteiger partial charge in [-0.25, -0.2) is 9.18 Å². The molecule has 1 aromatic carbocycles. The lowest BCUT2D eigenvalue weighted by Gasteiger charge is -2.16. The first-order valence-corrected chi connectivity index (χ1v) is 5.75. The standard InChI is InChI=1S/C13H14FN3O2/c1-8(11-5-6-15-17-11)16-12-4-3-9(14)7-10(12)13(18)19-2/h3-8,16H,1-2H3,(H,15,17). The molecule has 0 saturated carbocycles. The second-order valence-corrected chi connectivity index (χ2v) is 4.06. The van der Waals surface area contributed by atoms with Crippen LogP contribution in [0, 0.1) is 5.82 Å². The maximum Gasteiger partial charge on any atom is 0.340 e. The van der Waals surface area contributed by atoms with Crippen LogP contribution in [0.25, 0.3) is 0 Å². The van der Waals surface area contributed by atoms with E-state index in [0.717, 1.165) is 11.8 Å². The number of anilines is 1. The van der Waals surface area contributed by atoms with Crippen LogP contribution in [0.1, 0.15) is 29.0 Å². The number of ether oxygens (including phenoxy) is 1. The first kappa shape index (κ1) is 13.1. The molecule has 0 spiro atoms. The first-order chi connectivity index (χ1) is 9.11. The number of nitrogens with one attached hydrogen (secondary N) is 2. The normalized spacial score (nSPS) is 11.9. The third-order valence-corrected chi connectivity index (χ3v) is 2.75. The van der Waals surface area contributed by atoms with E-state index < -0.39 is 11.8 Å². The van der Waals surface area contributed by atoms with Gasteiger partial charge in [0.1, 0.15) is 5.82 Å². The molecule has 1 aromatic heterocycles. The Kier molecular flexibility index (Phi) is 3.79. The highest BCUT2D eigenvalue weighted by Gasteiger charge is 2.15. The molecule has 1 heterocycles. The molecule has 0 bridgehead atoms. The van der Waals surface area contributed by atoms with Crippen molar-refractivity contribution >= 4 is 11.7 Å². The summed E-state index contributed by atoms with van der Waals surface area (Å²) in [7, 11) is 1.26. The van der Waals surface area contributed by atoms with Gasteiger partial charge in [-0.3, -0.25) is 5.10 Å². The summed E-state index contributed by atoms with van der Waals surface area (Å²) in [6.07, 6.45) is 1.64. The van der Waals surface area contributed by atoms with Crippen molar-refractivity contribution in [2.75, 3.05) is 12.4 Å². The second-order valence-electron chi connectivity index (χ2n) is 4.06. The summed E-state index contributed by atoms with van der Waals surface area (Å²) in [6, 6.07) is 5.66. The minimum atomic E-state index is -0.584. The maximum atomic E-state index is 13.2. The minimum Gasteiger partial charge on any atom is -0.465 e. The Morgan fingerprint density at radius 3 is 2.89 bits per heavy atom. The summed E-state index contributed by atoms with van der Waals surface area (Å²) in [6.45, 7) is 1.90. The van der Waals surface area contributed by atoms with Gasteiger partial charge < -0.3 is 10.1 Å². The van der Waals surface area contributed by atoms with E-state index in [4.69, 9.17) is 0 Å². The van der Waals surface area contributed by atoms with Crippen molar-refractivity contribution in [2.24, 2.45) is 0 Å². The third-order valence-electron chi connectivity index (χ3n) is 2.75. The summed E-state index contributed by atoms with van der Waals surface area (Å²) < 4.78 is 17.8. The number of aromatic amines is 1. The molecule has 0 aliphatic heterocycles. The molecule has 1 atom stereocenters. The van der Waals surface area contributed by atoms with Crippen LogP contribution < -0.4 is 5.32 Å². The highest BCUT2D eigenvalue weighted by Crippen LogP contribution is 2.23. The van der Waals surface area contributed by atoms with Crippen LogP contribution in [0.4, 0.5) is 10.1 Å². The first-order valence-electron chi connectivity index (χ1n) is 5.75. The molecule has 100 valence electrons. The fourth-order valence-corrected chi connectivity index (χ4v) is 1.74. The largest absolute Gasteiger partial charge is 0.465 e. The number of carbonyl (C=O) groups excluding carboxylic acids is 1. The van der Waals surface area contributed by atoms with Gasteiger partial charge in [0.2, 0.25) is 0 Å². The predicted molar refractivity (Wildman–Crippen MR) is 68.4 cm³/mol. The lowest BCUT2D eigenvalue weighted by molar-refractivity contribution is 0.0601. The Morgan fingerprint density at radius 1 is 1.47 bits per heavy atom. The predicted octanol–water partition coefficient (Wildman–Crippen LogP) is 2.51. The summed E-state index contributed by atoms with van der Waals surface area (Å²) in [5, 5.41) is 9.80. The molecule has 1 unspecified atom stereocenters. The molecular weight excluding hydrogens is 249 g/mol. The molecule has 5 nitrogen and oxygen atoms in total. The van der Waals surface area contributed by atoms with Crippen molar-refractivity contribution in [3.8, 4) is 0 Å². The van der Waals surface area contributed by atoms with Crippen molar-refractivity contribution < 1.29 is 13.9 Å². The van der Waals surface area contributed by atoms with Crippen LogP contribution >= 0.6 is 0 Å². The molecule has 2 rings (SSSR count). The Bertz CT molecular complexity index is 569. The highest BCUT2D eigenvalue weighted by atomic mass is 19.1. The molecule has 0 aliphatic carbocycles. The zero-order valence-corrected chi connectivity index (χ0v) is 10.6. The Morgan fingerprint density at radius 2 is 2.26 bits per heavy atom. The fourth-order valence-electron chi connectivity index (χ4n) is 1.74. The van der Waals surface area contributed by atoms with Gasteiger partial charge in [-0.2, -0.15) is 5.10 Å². The summed E-state index contributed by atoms with van der Waals surface area (Å²) in [5.74, 6) is -1.07. The zero-order chi connectivity index (χ0) is 13.8. The van der Waals surface area contributed by atoms with Gasteiger partial charge in [0.05, 0.1) is 24.4 Å². The molecule has 0 saturated heterocycles. The van der Waals surface area contributed by atoms with Gasteiger partial charge in [0.15, 0.2) is 0 Å². The lowest BCUT2D eigenvalue weighted by atomic mass is 10.1. The van der Waals surface area contributed by atoms with Gasteiger partial charge >= 0.3 is 5.97 Å². The molecular formula is C13H14FN3O2. The molecule has 0 radical (unpaired) electrons. The van der Waals surface area contributed by atoms with E-state index in [1.165, 1.54) is 19.2 Å². The van der Waals surface area contributed by atoms with Gasteiger partial charge in [-0.15, -0.1) is 0 Å². The van der Waals surface area contributed by atoms with E-state index in [2.05, 4.69) is 20.3 Å². The monoisotopic (exact) mass is 263 g/mol. The summed E-state index contributed by atoms with van der Waals surface area (Å²) in [5.41, 5.74) is 1.53. The van der Waals surface area contributed by atoms with Crippen molar-refractivity contribution in [2.45, 2.75) is 13.0 Å². The number of hydrogen-bond acceptors (Lipinski definition) is 4. The topological polar surface area (TPSA) is 67.0 Å². The van der Waals surface area contributed by atoms with E-state index in [9.17, 15) is 9.18 Å². The number of rotatable bonds is 4. The number of benzene rings is 1. The van der Waals surface area contributed by atoms with E-state index in [1.54, 1.807) is 6.20 Å². The number of H-pyrrole nitrogens is 1. The molecule has 2 aromatic rings. The van der Waals surface area contributed by atoms with E-state index in [1.807, 2.05) is 13.0 Å². The number of methoxy groups -OCH3 is 1. The molecule has 0 aliphatic rings.